The van der Waals surface area contributed by atoms with E-state index in [-0.39, 0.29) is 43.1 Å². The number of nitrogens with zero attached hydrogens (tertiary/aromatic N) is 2. The monoisotopic (exact) mass is 789 g/mol. The third-order valence-electron chi connectivity index (χ3n) is 9.77. The summed E-state index contributed by atoms with van der Waals surface area (Å²) in [6.45, 7) is 5.45. The van der Waals surface area contributed by atoms with Gasteiger partial charge in [-0.2, -0.15) is 0 Å². The molecule has 4 heterocycles. The molecule has 2 fully saturated rings. The largest absolute Gasteiger partial charge is 0.444 e. The molecular formula is C36H44ClN5O9S2. The first kappa shape index (κ1) is 38.6. The zero-order valence-corrected chi connectivity index (χ0v) is 32.2. The Labute approximate surface area is 317 Å². The van der Waals surface area contributed by atoms with Crippen molar-refractivity contribution in [2.24, 2.45) is 5.92 Å². The lowest BCUT2D eigenvalue weighted by atomic mass is 10.0. The van der Waals surface area contributed by atoms with Crippen LogP contribution >= 0.6 is 22.9 Å². The Balaban J connectivity index is 1.26. The number of ether oxygens (including phenoxy) is 2. The number of amides is 5. The molecule has 2 aromatic rings. The molecule has 0 bridgehead atoms. The maximum Gasteiger partial charge on any atom is 0.410 e. The summed E-state index contributed by atoms with van der Waals surface area (Å²) in [5.74, 6) is -2.69. The molecule has 5 atom stereocenters. The molecule has 6 rings (SSSR count). The summed E-state index contributed by atoms with van der Waals surface area (Å²) < 4.78 is 39.6. The number of nitrogens with one attached hydrogen (secondary N) is 3. The molecule has 3 aliphatic heterocycles. The van der Waals surface area contributed by atoms with Crippen molar-refractivity contribution in [2.45, 2.75) is 112 Å². The third-order valence-corrected chi connectivity index (χ3v) is 12.9. The fourth-order valence-electron chi connectivity index (χ4n) is 7.02. The number of rotatable bonds is 5. The molecule has 1 saturated carbocycles. The standard InChI is InChI=1S/C36H44ClN5O9S2/c1-35(2,3)51-33(46)38-27-14-8-6-4-5-7-12-23-18-36(23,32(45)40-53(48,49)29-15-10-16-52-29)39-30(43)28-17-24(20-42(28)31(27)44)50-34(47)41-19-22-11-9-13-26(37)25(22)21-41/h7,9-13,15-16,23-24,27-28H,4-6,8,14,17-21H2,1-3H3,(H,38,46)(H,39,43)(H,40,45)/b12-7-/t23-,24+,27-,28-,36+/m0/s1. The Morgan fingerprint density at radius 3 is 2.58 bits per heavy atom. The van der Waals surface area contributed by atoms with Gasteiger partial charge in [0.25, 0.3) is 15.9 Å². The molecule has 4 aliphatic rings. The van der Waals surface area contributed by atoms with Crippen molar-refractivity contribution < 1.29 is 41.9 Å². The first-order valence-corrected chi connectivity index (χ1v) is 20.4. The minimum absolute atomic E-state index is 0.0532. The molecule has 17 heteroatoms. The Morgan fingerprint density at radius 2 is 1.87 bits per heavy atom. The number of carbonyl (C=O) groups excluding carboxylic acids is 5. The molecule has 5 amide bonds. The molecule has 0 radical (unpaired) electrons. The average Bonchev–Trinajstić information content (AvgIpc) is 3.55. The topological polar surface area (TPSA) is 181 Å². The molecule has 1 saturated heterocycles. The highest BCUT2D eigenvalue weighted by atomic mass is 35.5. The highest BCUT2D eigenvalue weighted by molar-refractivity contribution is 7.92. The second-order valence-electron chi connectivity index (χ2n) is 14.9. The number of hydrogen-bond donors (Lipinski definition) is 3. The van der Waals surface area contributed by atoms with Crippen LogP contribution in [-0.2, 0) is 47.0 Å². The summed E-state index contributed by atoms with van der Waals surface area (Å²) in [5.41, 5.74) is -0.734. The third kappa shape index (κ3) is 8.81. The van der Waals surface area contributed by atoms with Gasteiger partial charge in [0.2, 0.25) is 11.8 Å². The molecular weight excluding hydrogens is 746 g/mol. The molecule has 1 aromatic heterocycles. The van der Waals surface area contributed by atoms with E-state index in [1.54, 1.807) is 44.4 Å². The van der Waals surface area contributed by atoms with Crippen LogP contribution in [0.3, 0.4) is 0 Å². The van der Waals surface area contributed by atoms with Gasteiger partial charge in [-0.15, -0.1) is 11.3 Å². The van der Waals surface area contributed by atoms with Crippen molar-refractivity contribution in [1.29, 1.82) is 0 Å². The lowest BCUT2D eigenvalue weighted by molar-refractivity contribution is -0.141. The maximum absolute atomic E-state index is 14.4. The molecule has 286 valence electrons. The van der Waals surface area contributed by atoms with Gasteiger partial charge >= 0.3 is 12.2 Å². The van der Waals surface area contributed by atoms with Crippen LogP contribution in [0.15, 0.2) is 52.1 Å². The van der Waals surface area contributed by atoms with E-state index in [1.807, 2.05) is 18.2 Å². The fraction of sp³-hybridized carbons (Fsp3) is 0.528. The van der Waals surface area contributed by atoms with Gasteiger partial charge in [-0.3, -0.25) is 19.3 Å². The Hall–Kier alpha value is -4.15. The summed E-state index contributed by atoms with van der Waals surface area (Å²) in [4.78, 5) is 71.5. The number of sulfonamides is 1. The minimum atomic E-state index is -4.21. The highest BCUT2D eigenvalue weighted by Crippen LogP contribution is 2.46. The lowest BCUT2D eigenvalue weighted by Crippen LogP contribution is -2.58. The Morgan fingerprint density at radius 1 is 1.08 bits per heavy atom. The van der Waals surface area contributed by atoms with E-state index in [0.717, 1.165) is 35.3 Å². The van der Waals surface area contributed by atoms with Crippen LogP contribution in [0.25, 0.3) is 0 Å². The van der Waals surface area contributed by atoms with E-state index < -0.39 is 75.2 Å². The van der Waals surface area contributed by atoms with Gasteiger partial charge < -0.3 is 25.0 Å². The predicted molar refractivity (Wildman–Crippen MR) is 195 cm³/mol. The summed E-state index contributed by atoms with van der Waals surface area (Å²) in [6, 6.07) is 6.06. The Bertz CT molecular complexity index is 1900. The minimum Gasteiger partial charge on any atom is -0.444 e. The van der Waals surface area contributed by atoms with Gasteiger partial charge in [-0.05, 0) is 75.1 Å². The van der Waals surface area contributed by atoms with Crippen molar-refractivity contribution in [3.8, 4) is 0 Å². The zero-order chi connectivity index (χ0) is 38.1. The van der Waals surface area contributed by atoms with Gasteiger partial charge in [-0.1, -0.05) is 54.8 Å². The van der Waals surface area contributed by atoms with Crippen LogP contribution in [0.1, 0.15) is 76.8 Å². The first-order valence-electron chi connectivity index (χ1n) is 17.7. The number of alkyl carbamates (subject to hydrolysis) is 1. The second-order valence-corrected chi connectivity index (χ2v) is 18.1. The normalized spacial score (nSPS) is 26.9. The number of thiophene rings is 1. The van der Waals surface area contributed by atoms with Crippen LogP contribution in [0.2, 0.25) is 5.02 Å². The lowest BCUT2D eigenvalue weighted by Gasteiger charge is -2.30. The van der Waals surface area contributed by atoms with Gasteiger partial charge in [0.1, 0.15) is 33.5 Å². The quantitative estimate of drug-likeness (QED) is 0.365. The number of benzene rings is 1. The number of hydrogen-bond acceptors (Lipinski definition) is 10. The number of fused-ring (bicyclic) bond motifs is 3. The highest BCUT2D eigenvalue weighted by Gasteiger charge is 2.62. The van der Waals surface area contributed by atoms with Crippen LogP contribution < -0.4 is 15.4 Å². The molecule has 14 nitrogen and oxygen atoms in total. The van der Waals surface area contributed by atoms with E-state index in [4.69, 9.17) is 21.1 Å². The summed E-state index contributed by atoms with van der Waals surface area (Å²) in [7, 11) is -4.21. The molecule has 0 spiro atoms. The predicted octanol–water partition coefficient (Wildman–Crippen LogP) is 4.62. The van der Waals surface area contributed by atoms with Crippen LogP contribution in [0, 0.1) is 5.92 Å². The number of carbonyl (C=O) groups is 5. The van der Waals surface area contributed by atoms with E-state index >= 15 is 0 Å². The van der Waals surface area contributed by atoms with E-state index in [2.05, 4.69) is 15.4 Å². The van der Waals surface area contributed by atoms with Crippen LogP contribution in [-0.4, -0.2) is 84.0 Å². The SMILES string of the molecule is CC(C)(C)OC(=O)N[C@H]1CCCCC/C=C\[C@H]2C[C@@]2(C(=O)NS(=O)(=O)c2cccs2)NC(=O)[C@@H]2C[C@@H](OC(=O)N3Cc4cccc(Cl)c4C3)CN2C1=O. The van der Waals surface area contributed by atoms with Crippen molar-refractivity contribution in [1.82, 2.24) is 25.2 Å². The second kappa shape index (κ2) is 15.3. The van der Waals surface area contributed by atoms with Crippen molar-refractivity contribution in [3.05, 3.63) is 64.0 Å². The van der Waals surface area contributed by atoms with Gasteiger partial charge in [0.05, 0.1) is 13.1 Å². The molecule has 53 heavy (non-hydrogen) atoms. The van der Waals surface area contributed by atoms with E-state index in [1.165, 1.54) is 15.9 Å². The van der Waals surface area contributed by atoms with Crippen molar-refractivity contribution >= 4 is 62.9 Å². The molecule has 0 unspecified atom stereocenters. The number of allylic oxidation sites excluding steroid dienone is 1. The van der Waals surface area contributed by atoms with Gasteiger partial charge in [-0.25, -0.2) is 22.7 Å². The summed E-state index contributed by atoms with van der Waals surface area (Å²) in [6.07, 6.45) is 4.37. The molecule has 3 N–H and O–H groups in total. The van der Waals surface area contributed by atoms with Crippen LogP contribution in [0.5, 0.6) is 0 Å². The maximum atomic E-state index is 14.4. The molecule has 1 aliphatic carbocycles. The van der Waals surface area contributed by atoms with Crippen molar-refractivity contribution in [3.63, 3.8) is 0 Å². The van der Waals surface area contributed by atoms with Gasteiger partial charge in [0, 0.05) is 23.9 Å². The first-order chi connectivity index (χ1) is 25.1. The van der Waals surface area contributed by atoms with Crippen molar-refractivity contribution in [2.75, 3.05) is 6.54 Å². The fourth-order valence-corrected chi connectivity index (χ4v) is 9.31. The van der Waals surface area contributed by atoms with Crippen LogP contribution in [0.4, 0.5) is 9.59 Å². The summed E-state index contributed by atoms with van der Waals surface area (Å²) in [5, 5.41) is 7.59. The summed E-state index contributed by atoms with van der Waals surface area (Å²) >= 11 is 7.31. The van der Waals surface area contributed by atoms with E-state index in [9.17, 15) is 32.4 Å². The smallest absolute Gasteiger partial charge is 0.410 e. The zero-order valence-electron chi connectivity index (χ0n) is 29.8. The molecule has 1 aromatic carbocycles. The average molecular weight is 790 g/mol. The van der Waals surface area contributed by atoms with Gasteiger partial charge in [0.15, 0.2) is 0 Å². The Kier molecular flexibility index (Phi) is 11.1. The number of halogens is 1. The van der Waals surface area contributed by atoms with E-state index in [0.29, 0.717) is 17.9 Å².